The molecule has 0 aliphatic rings. The van der Waals surface area contributed by atoms with E-state index in [0.29, 0.717) is 17.1 Å². The fourth-order valence-electron chi connectivity index (χ4n) is 1.64. The Bertz CT molecular complexity index is 545. The van der Waals surface area contributed by atoms with Crippen molar-refractivity contribution in [3.05, 3.63) is 63.1 Å². The van der Waals surface area contributed by atoms with Crippen LogP contribution in [-0.2, 0) is 6.42 Å². The van der Waals surface area contributed by atoms with Gasteiger partial charge in [0.25, 0.3) is 0 Å². The van der Waals surface area contributed by atoms with Gasteiger partial charge in [0.1, 0.15) is 5.82 Å². The van der Waals surface area contributed by atoms with Crippen LogP contribution in [0.4, 0.5) is 4.39 Å². The monoisotopic (exact) mass is 328 g/mol. The first-order valence-electron chi connectivity index (χ1n) is 5.37. The van der Waals surface area contributed by atoms with E-state index < -0.39 is 0 Å². The first-order valence-corrected chi connectivity index (χ1v) is 6.54. The van der Waals surface area contributed by atoms with Crippen molar-refractivity contribution < 1.29 is 4.39 Å². The van der Waals surface area contributed by atoms with Gasteiger partial charge in [-0.2, -0.15) is 0 Å². The van der Waals surface area contributed by atoms with E-state index in [4.69, 9.17) is 17.3 Å². The van der Waals surface area contributed by atoms with Crippen LogP contribution in [0.1, 0.15) is 17.3 Å². The maximum atomic E-state index is 12.8. The molecule has 5 heteroatoms. The van der Waals surface area contributed by atoms with Crippen LogP contribution < -0.4 is 5.73 Å². The van der Waals surface area contributed by atoms with E-state index in [-0.39, 0.29) is 11.9 Å². The smallest absolute Gasteiger partial charge is 0.141 e. The van der Waals surface area contributed by atoms with E-state index >= 15 is 0 Å². The molecule has 0 saturated heterocycles. The summed E-state index contributed by atoms with van der Waals surface area (Å²) in [5.74, 6) is -0.368. The highest BCUT2D eigenvalue weighted by molar-refractivity contribution is 9.10. The van der Waals surface area contributed by atoms with Gasteiger partial charge in [0, 0.05) is 9.50 Å². The Balaban J connectivity index is 2.15. The molecule has 94 valence electrons. The minimum Gasteiger partial charge on any atom is -0.322 e. The number of halogens is 3. The lowest BCUT2D eigenvalue weighted by Gasteiger charge is -2.12. The van der Waals surface area contributed by atoms with Crippen LogP contribution in [-0.4, -0.2) is 4.98 Å². The van der Waals surface area contributed by atoms with Gasteiger partial charge in [-0.25, -0.2) is 4.39 Å². The van der Waals surface area contributed by atoms with E-state index in [1.54, 1.807) is 6.07 Å². The summed E-state index contributed by atoms with van der Waals surface area (Å²) in [6, 6.07) is 8.28. The second kappa shape index (κ2) is 5.78. The summed E-state index contributed by atoms with van der Waals surface area (Å²) in [6.07, 6.45) is 1.73. The molecule has 0 fully saturated rings. The molecular formula is C13H11BrClFN2. The third-order valence-corrected chi connectivity index (χ3v) is 3.43. The summed E-state index contributed by atoms with van der Waals surface area (Å²) >= 11 is 9.47. The molecule has 2 aromatic rings. The first kappa shape index (κ1) is 13.5. The van der Waals surface area contributed by atoms with Crippen molar-refractivity contribution in [3.63, 3.8) is 0 Å². The van der Waals surface area contributed by atoms with Crippen molar-refractivity contribution >= 4 is 27.5 Å². The predicted octanol–water partition coefficient (Wildman–Crippen LogP) is 3.88. The van der Waals surface area contributed by atoms with Gasteiger partial charge in [0.2, 0.25) is 0 Å². The van der Waals surface area contributed by atoms with Crippen molar-refractivity contribution in [2.75, 3.05) is 0 Å². The molecular weight excluding hydrogens is 319 g/mol. The van der Waals surface area contributed by atoms with Gasteiger partial charge in [-0.05, 0) is 36.2 Å². The van der Waals surface area contributed by atoms with Gasteiger partial charge in [0.05, 0.1) is 17.9 Å². The van der Waals surface area contributed by atoms with Crippen LogP contribution in [0.25, 0.3) is 0 Å². The molecule has 1 heterocycles. The molecule has 1 unspecified atom stereocenters. The molecule has 0 spiro atoms. The summed E-state index contributed by atoms with van der Waals surface area (Å²) in [5.41, 5.74) is 7.62. The Morgan fingerprint density at radius 2 is 2.11 bits per heavy atom. The molecule has 1 aromatic carbocycles. The topological polar surface area (TPSA) is 38.9 Å². The van der Waals surface area contributed by atoms with E-state index in [9.17, 15) is 4.39 Å². The second-order valence-corrected chi connectivity index (χ2v) is 5.27. The Hall–Kier alpha value is -0.970. The third kappa shape index (κ3) is 3.28. The van der Waals surface area contributed by atoms with E-state index in [2.05, 4.69) is 20.9 Å². The molecule has 0 aliphatic carbocycles. The molecule has 0 saturated carbocycles. The largest absolute Gasteiger partial charge is 0.322 e. The predicted molar refractivity (Wildman–Crippen MR) is 74.0 cm³/mol. The van der Waals surface area contributed by atoms with E-state index in [0.717, 1.165) is 10.0 Å². The van der Waals surface area contributed by atoms with Crippen LogP contribution in [0.15, 0.2) is 41.0 Å². The van der Waals surface area contributed by atoms with Crippen molar-refractivity contribution in [2.24, 2.45) is 5.73 Å². The summed E-state index contributed by atoms with van der Waals surface area (Å²) in [5, 5.41) is 0.655. The number of hydrogen-bond donors (Lipinski definition) is 1. The molecule has 2 rings (SSSR count). The van der Waals surface area contributed by atoms with Gasteiger partial charge in [0.15, 0.2) is 0 Å². The lowest BCUT2D eigenvalue weighted by Crippen LogP contribution is -2.15. The van der Waals surface area contributed by atoms with Gasteiger partial charge in [-0.1, -0.05) is 33.6 Å². The van der Waals surface area contributed by atoms with Crippen LogP contribution in [0.3, 0.4) is 0 Å². The fraction of sp³-hybridized carbons (Fsp3) is 0.154. The molecule has 18 heavy (non-hydrogen) atoms. The Kier molecular flexibility index (Phi) is 4.32. The van der Waals surface area contributed by atoms with Gasteiger partial charge in [-0.15, -0.1) is 0 Å². The number of benzene rings is 1. The van der Waals surface area contributed by atoms with Crippen LogP contribution >= 0.6 is 27.5 Å². The quantitative estimate of drug-likeness (QED) is 0.928. The Morgan fingerprint density at radius 1 is 1.33 bits per heavy atom. The summed E-state index contributed by atoms with van der Waals surface area (Å²) in [4.78, 5) is 3.97. The maximum Gasteiger partial charge on any atom is 0.141 e. The number of nitrogens with zero attached hydrogens (tertiary/aromatic N) is 1. The number of nitrogens with two attached hydrogens (primary N) is 1. The Labute approximate surface area is 118 Å². The van der Waals surface area contributed by atoms with Crippen molar-refractivity contribution in [1.29, 1.82) is 0 Å². The molecule has 1 aromatic heterocycles. The molecule has 2 nitrogen and oxygen atoms in total. The number of hydrogen-bond acceptors (Lipinski definition) is 2. The van der Waals surface area contributed by atoms with Crippen LogP contribution in [0.5, 0.6) is 0 Å². The summed E-state index contributed by atoms with van der Waals surface area (Å²) < 4.78 is 13.7. The zero-order chi connectivity index (χ0) is 13.1. The zero-order valence-electron chi connectivity index (χ0n) is 9.41. The highest BCUT2D eigenvalue weighted by atomic mass is 79.9. The van der Waals surface area contributed by atoms with Gasteiger partial charge >= 0.3 is 0 Å². The minimum atomic E-state index is -0.368. The lowest BCUT2D eigenvalue weighted by molar-refractivity contribution is 0.612. The van der Waals surface area contributed by atoms with E-state index in [1.807, 2.05) is 18.2 Å². The van der Waals surface area contributed by atoms with Crippen LogP contribution in [0.2, 0.25) is 5.02 Å². The molecule has 2 N–H and O–H groups in total. The van der Waals surface area contributed by atoms with Crippen molar-refractivity contribution in [1.82, 2.24) is 4.98 Å². The zero-order valence-corrected chi connectivity index (χ0v) is 11.7. The highest BCUT2D eigenvalue weighted by Gasteiger charge is 2.11. The number of aromatic nitrogens is 1. The number of pyridine rings is 1. The standard InChI is InChI=1S/C13H11BrClFN2/c14-9-2-1-8(11(15)6-9)5-12(17)13-4-3-10(16)7-18-13/h1-4,6-7,12H,5,17H2. The van der Waals surface area contributed by atoms with Crippen molar-refractivity contribution in [2.45, 2.75) is 12.5 Å². The Morgan fingerprint density at radius 3 is 2.72 bits per heavy atom. The molecule has 0 bridgehead atoms. The van der Waals surface area contributed by atoms with Crippen molar-refractivity contribution in [3.8, 4) is 0 Å². The van der Waals surface area contributed by atoms with Gasteiger partial charge in [-0.3, -0.25) is 4.98 Å². The average Bonchev–Trinajstić information content (AvgIpc) is 2.33. The minimum absolute atomic E-state index is 0.302. The van der Waals surface area contributed by atoms with Gasteiger partial charge < -0.3 is 5.73 Å². The lowest BCUT2D eigenvalue weighted by atomic mass is 10.0. The summed E-state index contributed by atoms with van der Waals surface area (Å²) in [6.45, 7) is 0. The molecule has 0 amide bonds. The van der Waals surface area contributed by atoms with Crippen LogP contribution in [0, 0.1) is 5.82 Å². The first-order chi connectivity index (χ1) is 8.56. The maximum absolute atomic E-state index is 12.8. The molecule has 0 aliphatic heterocycles. The molecule has 0 radical (unpaired) electrons. The second-order valence-electron chi connectivity index (χ2n) is 3.95. The SMILES string of the molecule is NC(Cc1ccc(Br)cc1Cl)c1ccc(F)cn1. The average molecular weight is 330 g/mol. The normalized spacial score (nSPS) is 12.4. The summed E-state index contributed by atoms with van der Waals surface area (Å²) in [7, 11) is 0. The fourth-order valence-corrected chi connectivity index (χ4v) is 2.39. The third-order valence-electron chi connectivity index (χ3n) is 2.59. The van der Waals surface area contributed by atoms with E-state index in [1.165, 1.54) is 12.3 Å². The molecule has 1 atom stereocenters. The highest BCUT2D eigenvalue weighted by Crippen LogP contribution is 2.24. The number of rotatable bonds is 3.